The summed E-state index contributed by atoms with van der Waals surface area (Å²) in [7, 11) is 0. The molecule has 2 atom stereocenters. The van der Waals surface area contributed by atoms with Crippen LogP contribution in [0.5, 0.6) is 0 Å². The normalized spacial score (nSPS) is 23.0. The number of piperidine rings is 1. The molecule has 0 spiro atoms. The maximum absolute atomic E-state index is 10.2. The highest BCUT2D eigenvalue weighted by atomic mass is 16.3. The van der Waals surface area contributed by atoms with Crippen LogP contribution in [0.1, 0.15) is 30.1 Å². The van der Waals surface area contributed by atoms with Gasteiger partial charge in [0.15, 0.2) is 0 Å². The van der Waals surface area contributed by atoms with Crippen molar-refractivity contribution in [2.45, 2.75) is 25.5 Å². The van der Waals surface area contributed by atoms with Crippen molar-refractivity contribution in [3.8, 4) is 0 Å². The summed E-state index contributed by atoms with van der Waals surface area (Å²) in [6.07, 6.45) is 1.91. The van der Waals surface area contributed by atoms with E-state index in [1.165, 1.54) is 0 Å². The molecule has 0 radical (unpaired) electrons. The molecule has 0 aliphatic carbocycles. The van der Waals surface area contributed by atoms with Gasteiger partial charge in [-0.05, 0) is 30.5 Å². The summed E-state index contributed by atoms with van der Waals surface area (Å²) in [6.45, 7) is 2.55. The molecule has 0 bridgehead atoms. The minimum Gasteiger partial charge on any atom is -0.388 e. The molecule has 0 amide bonds. The van der Waals surface area contributed by atoms with E-state index in [1.54, 1.807) is 0 Å². The van der Waals surface area contributed by atoms with Crippen LogP contribution in [-0.2, 0) is 6.54 Å². The quantitative estimate of drug-likeness (QED) is 0.717. The second-order valence-electron chi connectivity index (χ2n) is 4.50. The van der Waals surface area contributed by atoms with Crippen LogP contribution >= 0.6 is 0 Å². The minimum atomic E-state index is -0.348. The summed E-state index contributed by atoms with van der Waals surface area (Å²) in [5.74, 6) is 0.345. The molecule has 1 saturated heterocycles. The monoisotopic (exact) mass is 220 g/mol. The Balaban J connectivity index is 2.04. The van der Waals surface area contributed by atoms with Gasteiger partial charge in [-0.15, -0.1) is 0 Å². The topological polar surface area (TPSA) is 58.3 Å². The third-order valence-corrected chi connectivity index (χ3v) is 3.34. The van der Waals surface area contributed by atoms with Gasteiger partial charge in [0.05, 0.1) is 6.10 Å². The van der Waals surface area contributed by atoms with Gasteiger partial charge in [0.25, 0.3) is 0 Å². The standard InChI is InChI=1S/C13H20N2O/c14-8-10-3-5-11(6-4-10)13(16)12-2-1-7-15-9-12/h3-6,12-13,15-16H,1-2,7-9,14H2. The number of nitrogens with one attached hydrogen (secondary N) is 1. The van der Waals surface area contributed by atoms with Crippen molar-refractivity contribution in [3.63, 3.8) is 0 Å². The second-order valence-corrected chi connectivity index (χ2v) is 4.50. The van der Waals surface area contributed by atoms with Crippen LogP contribution in [0.25, 0.3) is 0 Å². The highest BCUT2D eigenvalue weighted by Crippen LogP contribution is 2.27. The highest BCUT2D eigenvalue weighted by Gasteiger charge is 2.22. The number of hydrogen-bond donors (Lipinski definition) is 3. The van der Waals surface area contributed by atoms with Crippen molar-refractivity contribution in [2.24, 2.45) is 11.7 Å². The number of aliphatic hydroxyl groups is 1. The van der Waals surface area contributed by atoms with E-state index in [9.17, 15) is 5.11 Å². The van der Waals surface area contributed by atoms with E-state index in [-0.39, 0.29) is 6.10 Å². The predicted molar refractivity (Wildman–Crippen MR) is 64.9 cm³/mol. The average Bonchev–Trinajstić information content (AvgIpc) is 2.39. The number of benzene rings is 1. The lowest BCUT2D eigenvalue weighted by Gasteiger charge is -2.27. The molecule has 0 saturated carbocycles. The van der Waals surface area contributed by atoms with Crippen LogP contribution in [0.15, 0.2) is 24.3 Å². The molecule has 1 aromatic rings. The molecule has 2 rings (SSSR count). The van der Waals surface area contributed by atoms with E-state index < -0.39 is 0 Å². The lowest BCUT2D eigenvalue weighted by atomic mass is 9.89. The van der Waals surface area contributed by atoms with E-state index >= 15 is 0 Å². The minimum absolute atomic E-state index is 0.345. The van der Waals surface area contributed by atoms with E-state index in [0.717, 1.165) is 37.1 Å². The Bertz CT molecular complexity index is 317. The smallest absolute Gasteiger partial charge is 0.0830 e. The molecule has 88 valence electrons. The van der Waals surface area contributed by atoms with E-state index in [4.69, 9.17) is 5.73 Å². The van der Waals surface area contributed by atoms with Crippen LogP contribution in [0.4, 0.5) is 0 Å². The summed E-state index contributed by atoms with van der Waals surface area (Å²) < 4.78 is 0. The van der Waals surface area contributed by atoms with Gasteiger partial charge >= 0.3 is 0 Å². The maximum Gasteiger partial charge on any atom is 0.0830 e. The van der Waals surface area contributed by atoms with E-state index in [0.29, 0.717) is 12.5 Å². The third-order valence-electron chi connectivity index (χ3n) is 3.34. The van der Waals surface area contributed by atoms with Crippen LogP contribution in [-0.4, -0.2) is 18.2 Å². The fourth-order valence-electron chi connectivity index (χ4n) is 2.27. The summed E-state index contributed by atoms with van der Waals surface area (Å²) in [4.78, 5) is 0. The lowest BCUT2D eigenvalue weighted by molar-refractivity contribution is 0.0921. The molecule has 1 aliphatic heterocycles. The van der Waals surface area contributed by atoms with E-state index in [2.05, 4.69) is 5.32 Å². The first kappa shape index (κ1) is 11.6. The Morgan fingerprint density at radius 3 is 2.69 bits per heavy atom. The average molecular weight is 220 g/mol. The molecule has 3 nitrogen and oxygen atoms in total. The SMILES string of the molecule is NCc1ccc(C(O)C2CCCNC2)cc1. The van der Waals surface area contributed by atoms with Gasteiger partial charge in [0, 0.05) is 19.0 Å². The number of hydrogen-bond acceptors (Lipinski definition) is 3. The number of rotatable bonds is 3. The first-order valence-electron chi connectivity index (χ1n) is 5.99. The Labute approximate surface area is 96.7 Å². The van der Waals surface area contributed by atoms with Crippen LogP contribution < -0.4 is 11.1 Å². The van der Waals surface area contributed by atoms with Crippen molar-refractivity contribution in [1.29, 1.82) is 0 Å². The molecule has 16 heavy (non-hydrogen) atoms. The molecule has 0 aromatic heterocycles. The van der Waals surface area contributed by atoms with Crippen LogP contribution in [0.2, 0.25) is 0 Å². The fraction of sp³-hybridized carbons (Fsp3) is 0.538. The summed E-state index contributed by atoms with van der Waals surface area (Å²) >= 11 is 0. The van der Waals surface area contributed by atoms with E-state index in [1.807, 2.05) is 24.3 Å². The molecular formula is C13H20N2O. The predicted octanol–water partition coefficient (Wildman–Crippen LogP) is 1.18. The Morgan fingerprint density at radius 2 is 2.12 bits per heavy atom. The zero-order valence-electron chi connectivity index (χ0n) is 9.52. The lowest BCUT2D eigenvalue weighted by Crippen LogP contribution is -2.33. The first-order chi connectivity index (χ1) is 7.81. The summed E-state index contributed by atoms with van der Waals surface area (Å²) in [5, 5.41) is 13.6. The van der Waals surface area contributed by atoms with Crippen molar-refractivity contribution in [1.82, 2.24) is 5.32 Å². The fourth-order valence-corrected chi connectivity index (χ4v) is 2.27. The molecule has 1 aliphatic rings. The molecule has 4 N–H and O–H groups in total. The van der Waals surface area contributed by atoms with Gasteiger partial charge < -0.3 is 16.2 Å². The van der Waals surface area contributed by atoms with Gasteiger partial charge in [-0.1, -0.05) is 24.3 Å². The number of aliphatic hydroxyl groups excluding tert-OH is 1. The molecule has 2 unspecified atom stereocenters. The van der Waals surface area contributed by atoms with Gasteiger partial charge in [0.2, 0.25) is 0 Å². The van der Waals surface area contributed by atoms with Crippen molar-refractivity contribution in [3.05, 3.63) is 35.4 Å². The van der Waals surface area contributed by atoms with Gasteiger partial charge in [-0.2, -0.15) is 0 Å². The highest BCUT2D eigenvalue weighted by molar-refractivity contribution is 5.24. The van der Waals surface area contributed by atoms with Crippen molar-refractivity contribution in [2.75, 3.05) is 13.1 Å². The van der Waals surface area contributed by atoms with Gasteiger partial charge in [-0.25, -0.2) is 0 Å². The zero-order chi connectivity index (χ0) is 11.4. The Morgan fingerprint density at radius 1 is 1.38 bits per heavy atom. The first-order valence-corrected chi connectivity index (χ1v) is 5.99. The molecular weight excluding hydrogens is 200 g/mol. The van der Waals surface area contributed by atoms with Crippen LogP contribution in [0.3, 0.4) is 0 Å². The maximum atomic E-state index is 10.2. The molecule has 3 heteroatoms. The van der Waals surface area contributed by atoms with Crippen LogP contribution in [0, 0.1) is 5.92 Å². The molecule has 1 aromatic carbocycles. The zero-order valence-corrected chi connectivity index (χ0v) is 9.52. The Hall–Kier alpha value is -0.900. The van der Waals surface area contributed by atoms with Gasteiger partial charge in [-0.3, -0.25) is 0 Å². The van der Waals surface area contributed by atoms with Gasteiger partial charge in [0.1, 0.15) is 0 Å². The Kier molecular flexibility index (Phi) is 3.93. The second kappa shape index (κ2) is 5.43. The number of nitrogens with two attached hydrogens (primary N) is 1. The third kappa shape index (κ3) is 2.61. The largest absolute Gasteiger partial charge is 0.388 e. The molecule has 1 heterocycles. The summed E-state index contributed by atoms with van der Waals surface area (Å²) in [6, 6.07) is 7.96. The van der Waals surface area contributed by atoms with Crippen molar-refractivity contribution < 1.29 is 5.11 Å². The van der Waals surface area contributed by atoms with Crippen molar-refractivity contribution >= 4 is 0 Å². The summed E-state index contributed by atoms with van der Waals surface area (Å²) in [5.41, 5.74) is 7.66. The molecule has 1 fully saturated rings.